The van der Waals surface area contributed by atoms with Crippen molar-refractivity contribution in [2.45, 2.75) is 43.4 Å². The first-order valence-electron chi connectivity index (χ1n) is 21.7. The molecule has 27 heteroatoms. The number of halogens is 10. The molecule has 0 N–H and O–H groups in total. The van der Waals surface area contributed by atoms with Crippen LogP contribution in [0.3, 0.4) is 0 Å². The second-order valence-corrected chi connectivity index (χ2v) is 22.0. The van der Waals surface area contributed by atoms with Crippen LogP contribution in [0.25, 0.3) is 0 Å². The van der Waals surface area contributed by atoms with Crippen LogP contribution in [0.4, 0.5) is 54.2 Å². The van der Waals surface area contributed by atoms with Gasteiger partial charge in [-0.05, 0) is 55.2 Å². The lowest BCUT2D eigenvalue weighted by molar-refractivity contribution is 0.324. The van der Waals surface area contributed by atoms with Gasteiger partial charge >= 0.3 is 0 Å². The predicted octanol–water partition coefficient (Wildman–Crippen LogP) is 8.83. The number of nitrogens with zero attached hydrogens (tertiary/aromatic N) is 6. The zero-order valence-electron chi connectivity index (χ0n) is 39.5. The molecular formula is C46H44F10N6O7S4. The molecule has 2 aliphatic rings. The van der Waals surface area contributed by atoms with Gasteiger partial charge in [-0.15, -0.1) is 22.7 Å². The van der Waals surface area contributed by atoms with Crippen molar-refractivity contribution in [1.29, 1.82) is 0 Å². The summed E-state index contributed by atoms with van der Waals surface area (Å²) in [6.45, 7) is 5.70. The molecule has 0 aliphatic carbocycles. The highest BCUT2D eigenvalue weighted by molar-refractivity contribution is 7.89. The van der Waals surface area contributed by atoms with Crippen LogP contribution in [0.2, 0.25) is 0 Å². The number of methoxy groups -OCH3 is 3. The highest BCUT2D eigenvalue weighted by atomic mass is 32.2. The molecular weight excluding hydrogens is 1070 g/mol. The molecule has 2 aliphatic heterocycles. The third-order valence-electron chi connectivity index (χ3n) is 11.9. The quantitative estimate of drug-likeness (QED) is 0.0624. The number of ether oxygens (including phenoxy) is 3. The fraction of sp³-hybridized carbons (Fsp3) is 0.348. The maximum Gasteiger partial charge on any atom is 0.249 e. The summed E-state index contributed by atoms with van der Waals surface area (Å²) in [7, 11) is -5.42. The van der Waals surface area contributed by atoms with Crippen molar-refractivity contribution < 1.29 is 75.0 Å². The molecule has 0 amide bonds. The van der Waals surface area contributed by atoms with Crippen molar-refractivity contribution in [3.05, 3.63) is 132 Å². The van der Waals surface area contributed by atoms with Crippen LogP contribution in [0.15, 0.2) is 44.8 Å². The molecule has 2 saturated heterocycles. The first-order chi connectivity index (χ1) is 34.4. The Labute approximate surface area is 421 Å². The van der Waals surface area contributed by atoms with Crippen molar-refractivity contribution in [3.8, 4) is 17.2 Å². The van der Waals surface area contributed by atoms with Gasteiger partial charge in [-0.25, -0.2) is 70.7 Å². The molecule has 4 heterocycles. The molecule has 2 aromatic heterocycles. The monoisotopic (exact) mass is 1110 g/mol. The lowest BCUT2D eigenvalue weighted by Gasteiger charge is -2.33. The van der Waals surface area contributed by atoms with Crippen molar-refractivity contribution in [1.82, 2.24) is 18.6 Å². The second kappa shape index (κ2) is 22.0. The molecule has 2 fully saturated rings. The third kappa shape index (κ3) is 10.9. The molecule has 4 aromatic carbocycles. The summed E-state index contributed by atoms with van der Waals surface area (Å²) in [5.41, 5.74) is 7.13. The lowest BCUT2D eigenvalue weighted by Crippen LogP contribution is -2.49. The van der Waals surface area contributed by atoms with E-state index >= 15 is 0 Å². The number of piperazine rings is 2. The maximum atomic E-state index is 14.1. The number of hydrogen-bond donors (Lipinski definition) is 0. The molecule has 394 valence electrons. The minimum absolute atomic E-state index is 0.0890. The van der Waals surface area contributed by atoms with Gasteiger partial charge in [-0.3, -0.25) is 0 Å². The highest BCUT2D eigenvalue weighted by Gasteiger charge is 2.40. The van der Waals surface area contributed by atoms with Crippen LogP contribution in [0.1, 0.15) is 39.2 Å². The lowest BCUT2D eigenvalue weighted by atomic mass is 9.96. The zero-order chi connectivity index (χ0) is 53.4. The molecule has 0 unspecified atom stereocenters. The van der Waals surface area contributed by atoms with Gasteiger partial charge in [-0.1, -0.05) is 17.7 Å². The second-order valence-electron chi connectivity index (χ2n) is 16.6. The van der Waals surface area contributed by atoms with Gasteiger partial charge in [0.15, 0.2) is 78.1 Å². The van der Waals surface area contributed by atoms with E-state index in [1.54, 1.807) is 17.0 Å². The van der Waals surface area contributed by atoms with Crippen molar-refractivity contribution in [2.24, 2.45) is 0 Å². The Kier molecular flexibility index (Phi) is 16.6. The highest BCUT2D eigenvalue weighted by Crippen LogP contribution is 2.39. The Hall–Kier alpha value is -5.74. The van der Waals surface area contributed by atoms with Gasteiger partial charge in [0.25, 0.3) is 0 Å². The largest absolute Gasteiger partial charge is 0.493 e. The van der Waals surface area contributed by atoms with E-state index in [-0.39, 0.29) is 52.4 Å². The Morgan fingerprint density at radius 3 is 1.18 bits per heavy atom. The molecule has 0 radical (unpaired) electrons. The topological polar surface area (TPSA) is 135 Å². The first kappa shape index (κ1) is 55.0. The number of rotatable bonds is 13. The summed E-state index contributed by atoms with van der Waals surface area (Å²) < 4.78 is 206. The summed E-state index contributed by atoms with van der Waals surface area (Å²) in [5, 5.41) is 5.00. The first-order valence-corrected chi connectivity index (χ1v) is 26.4. The third-order valence-corrected chi connectivity index (χ3v) is 17.7. The van der Waals surface area contributed by atoms with E-state index < -0.39 is 88.0 Å². The van der Waals surface area contributed by atoms with Crippen LogP contribution < -0.4 is 24.0 Å². The van der Waals surface area contributed by atoms with Gasteiger partial charge < -0.3 is 24.0 Å². The minimum atomic E-state index is -4.99. The van der Waals surface area contributed by atoms with Crippen molar-refractivity contribution in [2.75, 3.05) is 83.5 Å². The van der Waals surface area contributed by atoms with Gasteiger partial charge in [-0.2, -0.15) is 8.61 Å². The van der Waals surface area contributed by atoms with E-state index in [9.17, 15) is 60.7 Å². The summed E-state index contributed by atoms with van der Waals surface area (Å²) in [4.78, 5) is 9.16. The van der Waals surface area contributed by atoms with Gasteiger partial charge in [0.05, 0.1) is 32.7 Å². The van der Waals surface area contributed by atoms with Crippen LogP contribution in [0.5, 0.6) is 17.2 Å². The number of thiazole rings is 2. The summed E-state index contributed by atoms with van der Waals surface area (Å²) in [6.07, 6.45) is 1.07. The van der Waals surface area contributed by atoms with Crippen LogP contribution in [-0.4, -0.2) is 109 Å². The van der Waals surface area contributed by atoms with E-state index in [2.05, 4.69) is 22.1 Å². The van der Waals surface area contributed by atoms with Crippen LogP contribution in [0, 0.1) is 78.9 Å². The zero-order valence-corrected chi connectivity index (χ0v) is 42.8. The molecule has 8 rings (SSSR count). The van der Waals surface area contributed by atoms with Gasteiger partial charge in [0, 0.05) is 76.0 Å². The molecule has 6 aromatic rings. The normalized spacial score (nSPS) is 14.8. The van der Waals surface area contributed by atoms with Crippen molar-refractivity contribution >= 4 is 53.0 Å². The van der Waals surface area contributed by atoms with E-state index in [1.165, 1.54) is 66.3 Å². The van der Waals surface area contributed by atoms with E-state index in [0.29, 0.717) is 44.7 Å². The summed E-state index contributed by atoms with van der Waals surface area (Å²) in [6, 6.07) is 7.81. The molecule has 73 heavy (non-hydrogen) atoms. The van der Waals surface area contributed by atoms with Crippen molar-refractivity contribution in [3.63, 3.8) is 0 Å². The number of hydrogen-bond acceptors (Lipinski definition) is 13. The van der Waals surface area contributed by atoms with Gasteiger partial charge in [0.1, 0.15) is 0 Å². The maximum absolute atomic E-state index is 14.1. The van der Waals surface area contributed by atoms with Gasteiger partial charge in [0.2, 0.25) is 37.4 Å². The Morgan fingerprint density at radius 1 is 0.493 bits per heavy atom. The Balaban J connectivity index is 0.000000214. The molecule has 0 spiro atoms. The number of anilines is 2. The van der Waals surface area contributed by atoms with E-state index in [4.69, 9.17) is 14.2 Å². The molecule has 0 atom stereocenters. The minimum Gasteiger partial charge on any atom is -0.493 e. The number of benzene rings is 4. The average molecular weight is 1110 g/mol. The predicted molar refractivity (Wildman–Crippen MR) is 251 cm³/mol. The standard InChI is InChI=1S/C23H22F5N3O5S2.C23H22F5N3O2S2/c1-34-14-9-12(10-15(35-2)21(14)36-3)8-13-11-37-23(29-13)30-4-6-31(7-5-30)38(32,33)22-19(27)17(25)16(24)18(26)20(22)28;1-12-8-13(2)16(14(3)9-12)10-15-11-34-23(29-15)30-4-6-31(7-5-30)35(32,33)22-20(27)18(25)17(24)19(26)21(22)28/h9-11H,4-8H2,1-3H3;8-9,11H,4-7,10H2,1-3H3. The van der Waals surface area contributed by atoms with Crippen LogP contribution in [-0.2, 0) is 32.9 Å². The fourth-order valence-electron chi connectivity index (χ4n) is 8.28. The molecule has 0 saturated carbocycles. The molecule has 0 bridgehead atoms. The van der Waals surface area contributed by atoms with Crippen LogP contribution >= 0.6 is 22.7 Å². The van der Waals surface area contributed by atoms with E-state index in [0.717, 1.165) is 21.3 Å². The number of sulfonamides is 2. The average Bonchev–Trinajstić information content (AvgIpc) is 4.05. The Bertz CT molecular complexity index is 3190. The smallest absolute Gasteiger partial charge is 0.249 e. The molecule has 13 nitrogen and oxygen atoms in total. The summed E-state index contributed by atoms with van der Waals surface area (Å²) in [5.74, 6) is -22.1. The SMILES string of the molecule is COc1cc(Cc2csc(N3CCN(S(=O)(=O)c4c(F)c(F)c(F)c(F)c4F)CC3)n2)cc(OC)c1OC.Cc1cc(C)c(Cc2csc(N3CCN(S(=O)(=O)c4c(F)c(F)c(F)c(F)c4F)CC3)n2)c(C)c1. The number of aromatic nitrogens is 2. The number of aryl methyl sites for hydroxylation is 3. The Morgan fingerprint density at radius 2 is 0.836 bits per heavy atom. The summed E-state index contributed by atoms with van der Waals surface area (Å²) >= 11 is 2.71. The van der Waals surface area contributed by atoms with E-state index in [1.807, 2.05) is 36.4 Å². The fourth-order valence-corrected chi connectivity index (χ4v) is 13.1.